The lowest BCUT2D eigenvalue weighted by Gasteiger charge is -1.87. The first-order chi connectivity index (χ1) is 6.27. The first-order valence-electron chi connectivity index (χ1n) is 4.00. The lowest BCUT2D eigenvalue weighted by molar-refractivity contribution is 1.20. The minimum absolute atomic E-state index is 0.226. The summed E-state index contributed by atoms with van der Waals surface area (Å²) in [6, 6.07) is 7.21. The average molecular weight is 172 g/mol. The van der Waals surface area contributed by atoms with E-state index in [0.717, 1.165) is 5.69 Å². The minimum atomic E-state index is -0.226. The van der Waals surface area contributed by atoms with Gasteiger partial charge in [0.25, 0.3) is 5.56 Å². The maximum Gasteiger partial charge on any atom is 0.279 e. The molecule has 1 heterocycles. The Morgan fingerprint density at radius 3 is 2.85 bits per heavy atom. The van der Waals surface area contributed by atoms with E-state index in [9.17, 15) is 4.79 Å². The van der Waals surface area contributed by atoms with Gasteiger partial charge in [-0.3, -0.25) is 9.78 Å². The number of rotatable bonds is 0. The number of aromatic nitrogens is 2. The summed E-state index contributed by atoms with van der Waals surface area (Å²) in [6.07, 6.45) is 1.49. The Kier molecular flexibility index (Phi) is 1.77. The number of fused-ring (bicyclic) bond motifs is 1. The second kappa shape index (κ2) is 2.94. The second-order valence-corrected chi connectivity index (χ2v) is 2.83. The van der Waals surface area contributed by atoms with Gasteiger partial charge < -0.3 is 0 Å². The van der Waals surface area contributed by atoms with Crippen LogP contribution in [-0.2, 0) is 0 Å². The van der Waals surface area contributed by atoms with Gasteiger partial charge in [0.2, 0.25) is 0 Å². The molecule has 0 bridgehead atoms. The van der Waals surface area contributed by atoms with Crippen LogP contribution >= 0.6 is 0 Å². The Morgan fingerprint density at radius 2 is 2.00 bits per heavy atom. The van der Waals surface area contributed by atoms with Crippen LogP contribution in [0.1, 0.15) is 5.69 Å². The molecule has 13 heavy (non-hydrogen) atoms. The van der Waals surface area contributed by atoms with Gasteiger partial charge in [-0.2, -0.15) is 0 Å². The zero-order valence-corrected chi connectivity index (χ0v) is 7.19. The largest absolute Gasteiger partial charge is 0.279 e. The highest BCUT2D eigenvalue weighted by Crippen LogP contribution is 2.04. The number of aryl methyl sites for hydroxylation is 1. The van der Waals surface area contributed by atoms with Gasteiger partial charge in [-0.05, 0) is 19.1 Å². The van der Waals surface area contributed by atoms with Gasteiger partial charge in [0, 0.05) is 0 Å². The van der Waals surface area contributed by atoms with Crippen molar-refractivity contribution < 1.29 is 0 Å². The fraction of sp³-hybridized carbons (Fsp3) is 0.100. The number of nitrogens with zero attached hydrogens (tertiary/aromatic N) is 2. The monoisotopic (exact) mass is 172 g/mol. The number of hydrogen-bond donors (Lipinski definition) is 0. The summed E-state index contributed by atoms with van der Waals surface area (Å²) in [5, 5.41) is 0.565. The van der Waals surface area contributed by atoms with E-state index in [1.54, 1.807) is 6.07 Å². The van der Waals surface area contributed by atoms with Crippen molar-refractivity contribution in [2.45, 2.75) is 6.92 Å². The Labute approximate surface area is 75.1 Å². The molecule has 0 atom stereocenters. The predicted octanol–water partition coefficient (Wildman–Crippen LogP) is 1.30. The summed E-state index contributed by atoms with van der Waals surface area (Å²) >= 11 is 0. The quantitative estimate of drug-likeness (QED) is 0.601. The van der Waals surface area contributed by atoms with Crippen LogP contribution < -0.4 is 5.56 Å². The third-order valence-electron chi connectivity index (χ3n) is 1.80. The molecule has 3 nitrogen and oxygen atoms in total. The fourth-order valence-electron chi connectivity index (χ4n) is 1.19. The van der Waals surface area contributed by atoms with Crippen LogP contribution in [0.5, 0.6) is 0 Å². The standard InChI is InChI=1S/C10H8N2O/c1-7-6-11-10(13)8-4-2-3-5-9(8)12-7/h2-6H,1H3. The average Bonchev–Trinajstić information content (AvgIpc) is 2.27. The number of benzene rings is 1. The molecule has 0 saturated heterocycles. The second-order valence-electron chi connectivity index (χ2n) is 2.83. The highest BCUT2D eigenvalue weighted by Gasteiger charge is 1.96. The maximum atomic E-state index is 11.4. The molecule has 2 aromatic rings. The van der Waals surface area contributed by atoms with E-state index >= 15 is 0 Å². The van der Waals surface area contributed by atoms with E-state index in [1.807, 2.05) is 25.1 Å². The molecule has 0 aliphatic heterocycles. The van der Waals surface area contributed by atoms with E-state index in [4.69, 9.17) is 0 Å². The van der Waals surface area contributed by atoms with Crippen LogP contribution in [-0.4, -0.2) is 9.97 Å². The van der Waals surface area contributed by atoms with Gasteiger partial charge in [-0.25, -0.2) is 4.98 Å². The molecule has 0 unspecified atom stereocenters. The van der Waals surface area contributed by atoms with Crippen LogP contribution in [0.4, 0.5) is 0 Å². The van der Waals surface area contributed by atoms with Crippen molar-refractivity contribution in [3.8, 4) is 0 Å². The molecular formula is C10H8N2O. The molecule has 0 aliphatic carbocycles. The van der Waals surface area contributed by atoms with Crippen molar-refractivity contribution in [3.63, 3.8) is 0 Å². The Bertz CT molecular complexity index is 508. The smallest absolute Gasteiger partial charge is 0.267 e. The summed E-state index contributed by atoms with van der Waals surface area (Å²) < 4.78 is 0. The van der Waals surface area contributed by atoms with Gasteiger partial charge in [0.1, 0.15) is 0 Å². The molecule has 0 amide bonds. The summed E-state index contributed by atoms with van der Waals surface area (Å²) in [7, 11) is 0. The van der Waals surface area contributed by atoms with Gasteiger partial charge in [-0.1, -0.05) is 12.1 Å². The first kappa shape index (κ1) is 7.86. The van der Waals surface area contributed by atoms with E-state index in [-0.39, 0.29) is 5.56 Å². The van der Waals surface area contributed by atoms with Gasteiger partial charge in [0.15, 0.2) is 0 Å². The van der Waals surface area contributed by atoms with E-state index in [2.05, 4.69) is 9.97 Å². The van der Waals surface area contributed by atoms with Crippen LogP contribution in [0.15, 0.2) is 35.3 Å². The highest BCUT2D eigenvalue weighted by molar-refractivity contribution is 5.76. The predicted molar refractivity (Wildman–Crippen MR) is 50.5 cm³/mol. The normalized spacial score (nSPS) is 10.2. The molecular weight excluding hydrogens is 164 g/mol. The van der Waals surface area contributed by atoms with E-state index in [1.165, 1.54) is 6.20 Å². The molecule has 0 radical (unpaired) electrons. The third kappa shape index (κ3) is 1.40. The van der Waals surface area contributed by atoms with Gasteiger partial charge in [-0.15, -0.1) is 0 Å². The molecule has 0 aliphatic rings. The van der Waals surface area contributed by atoms with Gasteiger partial charge >= 0.3 is 0 Å². The highest BCUT2D eigenvalue weighted by atomic mass is 16.1. The van der Waals surface area contributed by atoms with Crippen LogP contribution in [0.2, 0.25) is 0 Å². The lowest BCUT2D eigenvalue weighted by Crippen LogP contribution is -2.00. The lowest BCUT2D eigenvalue weighted by atomic mass is 10.2. The van der Waals surface area contributed by atoms with Crippen molar-refractivity contribution >= 4 is 10.9 Å². The maximum absolute atomic E-state index is 11.4. The zero-order valence-electron chi connectivity index (χ0n) is 7.19. The van der Waals surface area contributed by atoms with E-state index in [0.29, 0.717) is 10.9 Å². The molecule has 3 heteroatoms. The minimum Gasteiger partial charge on any atom is -0.267 e. The van der Waals surface area contributed by atoms with Crippen molar-refractivity contribution in [2.75, 3.05) is 0 Å². The Hall–Kier alpha value is -1.77. The van der Waals surface area contributed by atoms with Crippen molar-refractivity contribution in [1.29, 1.82) is 0 Å². The Balaban J connectivity index is 3.04. The molecule has 0 spiro atoms. The molecule has 1 aromatic carbocycles. The third-order valence-corrected chi connectivity index (χ3v) is 1.80. The fourth-order valence-corrected chi connectivity index (χ4v) is 1.19. The van der Waals surface area contributed by atoms with Crippen molar-refractivity contribution in [2.24, 2.45) is 0 Å². The zero-order chi connectivity index (χ0) is 9.26. The van der Waals surface area contributed by atoms with Crippen LogP contribution in [0.25, 0.3) is 10.9 Å². The molecule has 64 valence electrons. The summed E-state index contributed by atoms with van der Waals surface area (Å²) in [6.45, 7) is 1.82. The molecule has 1 aromatic heterocycles. The summed E-state index contributed by atoms with van der Waals surface area (Å²) in [5.74, 6) is 0. The Morgan fingerprint density at radius 1 is 1.23 bits per heavy atom. The van der Waals surface area contributed by atoms with Crippen LogP contribution in [0, 0.1) is 6.92 Å². The molecule has 0 N–H and O–H groups in total. The summed E-state index contributed by atoms with van der Waals surface area (Å²) in [5.41, 5.74) is 1.22. The number of hydrogen-bond acceptors (Lipinski definition) is 3. The van der Waals surface area contributed by atoms with Crippen molar-refractivity contribution in [1.82, 2.24) is 9.97 Å². The summed E-state index contributed by atoms with van der Waals surface area (Å²) in [4.78, 5) is 19.4. The molecule has 0 fully saturated rings. The molecule has 0 saturated carbocycles. The van der Waals surface area contributed by atoms with E-state index < -0.39 is 0 Å². The van der Waals surface area contributed by atoms with Gasteiger partial charge in [0.05, 0.1) is 22.8 Å². The van der Waals surface area contributed by atoms with Crippen molar-refractivity contribution in [3.05, 3.63) is 46.5 Å². The van der Waals surface area contributed by atoms with Crippen LogP contribution in [0.3, 0.4) is 0 Å². The molecule has 2 rings (SSSR count). The first-order valence-corrected chi connectivity index (χ1v) is 4.00. The topological polar surface area (TPSA) is 42.9 Å². The SMILES string of the molecule is Cc1cnc(=O)c2ccccc2n1. The number of para-hydroxylation sites is 1.